The molecule has 0 saturated carbocycles. The fourth-order valence-corrected chi connectivity index (χ4v) is 12.8. The van der Waals surface area contributed by atoms with E-state index in [0.29, 0.717) is 0 Å². The number of para-hydroxylation sites is 2. The molecule has 0 aliphatic carbocycles. The quantitative estimate of drug-likeness (QED) is 0.0668. The molecule has 1 aromatic heterocycles. The minimum atomic E-state index is 0.0177. The number of nitrogens with zero attached hydrogens (tertiary/aromatic N) is 6. The zero-order chi connectivity index (χ0) is 56.7. The van der Waals surface area contributed by atoms with E-state index in [0.717, 1.165) is 52.4 Å². The Bertz CT molecular complexity index is 3810. The molecule has 0 amide bonds. The SMILES string of the molecule is CCN(CC)c1ccc(C(=C2C(c3ccccc3)=[N+](C)c3ccccc32)c2ccc(N(CC)Cc3ccc(CN(CC)c4ccc(C(c5ccc(N(CC)CC)cc5)c5c(-c6ccccc6)n(C)c6ccccc56)cc4)cc3)cc2)cc1. The maximum atomic E-state index is 2.49. The van der Waals surface area contributed by atoms with Crippen LogP contribution >= 0.6 is 0 Å². The van der Waals surface area contributed by atoms with Crippen LogP contribution in [0, 0.1) is 0 Å². The maximum absolute atomic E-state index is 2.49. The van der Waals surface area contributed by atoms with E-state index in [1.54, 1.807) is 0 Å². The van der Waals surface area contributed by atoms with Crippen molar-refractivity contribution < 1.29 is 4.58 Å². The Balaban J connectivity index is 0.855. The Hall–Kier alpha value is -8.87. The molecule has 1 atom stereocenters. The van der Waals surface area contributed by atoms with Crippen molar-refractivity contribution >= 4 is 56.2 Å². The average molecular weight is 1080 g/mol. The van der Waals surface area contributed by atoms with Crippen molar-refractivity contribution in [2.24, 2.45) is 7.05 Å². The van der Waals surface area contributed by atoms with Crippen LogP contribution in [0.1, 0.15) is 97.5 Å². The van der Waals surface area contributed by atoms with Crippen LogP contribution in [0.5, 0.6) is 0 Å². The number of aromatic nitrogens is 1. The van der Waals surface area contributed by atoms with Gasteiger partial charge in [0.2, 0.25) is 11.4 Å². The summed E-state index contributed by atoms with van der Waals surface area (Å²) in [6.07, 6.45) is 0. The van der Waals surface area contributed by atoms with Gasteiger partial charge >= 0.3 is 0 Å². The lowest BCUT2D eigenvalue weighted by Crippen LogP contribution is -2.23. The predicted molar refractivity (Wildman–Crippen MR) is 351 cm³/mol. The van der Waals surface area contributed by atoms with Gasteiger partial charge in [0.1, 0.15) is 7.05 Å². The highest BCUT2D eigenvalue weighted by Gasteiger charge is 2.36. The summed E-state index contributed by atoms with van der Waals surface area (Å²) in [5.74, 6) is 0.0177. The second kappa shape index (κ2) is 24.9. The first-order valence-corrected chi connectivity index (χ1v) is 29.9. The molecule has 0 spiro atoms. The van der Waals surface area contributed by atoms with Crippen molar-refractivity contribution in [3.63, 3.8) is 0 Å². The summed E-state index contributed by atoms with van der Waals surface area (Å²) in [5.41, 5.74) is 25.0. The topological polar surface area (TPSA) is 20.9 Å². The lowest BCUT2D eigenvalue weighted by atomic mass is 9.82. The molecular weight excluding hydrogens is 997 g/mol. The average Bonchev–Trinajstić information content (AvgIpc) is 4.22. The van der Waals surface area contributed by atoms with E-state index in [-0.39, 0.29) is 5.92 Å². The van der Waals surface area contributed by atoms with Crippen molar-refractivity contribution in [3.8, 4) is 11.3 Å². The summed E-state index contributed by atoms with van der Waals surface area (Å²) in [6.45, 7) is 20.8. The molecule has 11 rings (SSSR count). The molecule has 2 heterocycles. The largest absolute Gasteiger partial charge is 0.372 e. The first kappa shape index (κ1) is 55.1. The molecule has 1 unspecified atom stereocenters. The molecule has 6 heteroatoms. The third-order valence-corrected chi connectivity index (χ3v) is 17.2. The van der Waals surface area contributed by atoms with Gasteiger partial charge in [0.05, 0.1) is 16.8 Å². The minimum Gasteiger partial charge on any atom is -0.372 e. The predicted octanol–water partition coefficient (Wildman–Crippen LogP) is 17.5. The monoisotopic (exact) mass is 1080 g/mol. The molecule has 0 fully saturated rings. The van der Waals surface area contributed by atoms with E-state index in [1.165, 1.54) is 118 Å². The number of anilines is 4. The normalized spacial score (nSPS) is 13.1. The van der Waals surface area contributed by atoms with Crippen molar-refractivity contribution in [2.75, 3.05) is 65.9 Å². The van der Waals surface area contributed by atoms with Crippen molar-refractivity contribution in [1.82, 2.24) is 4.57 Å². The lowest BCUT2D eigenvalue weighted by Gasteiger charge is -2.26. The number of rotatable bonds is 21. The maximum Gasteiger partial charge on any atom is 0.221 e. The van der Waals surface area contributed by atoms with Gasteiger partial charge in [-0.3, -0.25) is 0 Å². The van der Waals surface area contributed by atoms with Crippen LogP contribution in [0.4, 0.5) is 28.4 Å². The van der Waals surface area contributed by atoms with Crippen LogP contribution in [-0.2, 0) is 20.1 Å². The Morgan fingerprint density at radius 2 is 0.817 bits per heavy atom. The van der Waals surface area contributed by atoms with Crippen molar-refractivity contribution in [2.45, 2.75) is 60.5 Å². The van der Waals surface area contributed by atoms with E-state index in [2.05, 4.69) is 315 Å². The van der Waals surface area contributed by atoms with E-state index >= 15 is 0 Å². The Morgan fingerprint density at radius 3 is 1.29 bits per heavy atom. The van der Waals surface area contributed by atoms with Gasteiger partial charge in [-0.15, -0.1) is 0 Å². The molecule has 0 saturated heterocycles. The molecular formula is C76H79N6+. The Labute approximate surface area is 488 Å². The number of hydrogen-bond donors (Lipinski definition) is 0. The summed E-state index contributed by atoms with van der Waals surface area (Å²) in [4.78, 5) is 9.81. The smallest absolute Gasteiger partial charge is 0.221 e. The van der Waals surface area contributed by atoms with Crippen LogP contribution in [0.15, 0.2) is 231 Å². The molecule has 412 valence electrons. The number of benzene rings is 9. The van der Waals surface area contributed by atoms with E-state index in [4.69, 9.17) is 0 Å². The van der Waals surface area contributed by atoms with Gasteiger partial charge in [-0.25, -0.2) is 0 Å². The molecule has 1 aliphatic heterocycles. The van der Waals surface area contributed by atoms with Gasteiger partial charge in [0, 0.05) is 116 Å². The summed E-state index contributed by atoms with van der Waals surface area (Å²) in [7, 11) is 4.43. The highest BCUT2D eigenvalue weighted by Crippen LogP contribution is 2.46. The fourth-order valence-electron chi connectivity index (χ4n) is 12.8. The third kappa shape index (κ3) is 10.9. The molecule has 1 aliphatic rings. The Kier molecular flexibility index (Phi) is 16.7. The summed E-state index contributed by atoms with van der Waals surface area (Å²) >= 11 is 0. The second-order valence-corrected chi connectivity index (χ2v) is 21.6. The number of fused-ring (bicyclic) bond motifs is 2. The molecule has 9 aromatic carbocycles. The molecule has 10 aromatic rings. The van der Waals surface area contributed by atoms with E-state index in [9.17, 15) is 0 Å². The van der Waals surface area contributed by atoms with Crippen LogP contribution < -0.4 is 19.6 Å². The highest BCUT2D eigenvalue weighted by atomic mass is 15.1. The van der Waals surface area contributed by atoms with Crippen LogP contribution in [0.3, 0.4) is 0 Å². The van der Waals surface area contributed by atoms with Crippen LogP contribution in [0.2, 0.25) is 0 Å². The van der Waals surface area contributed by atoms with Gasteiger partial charge in [-0.1, -0.05) is 152 Å². The number of hydrogen-bond acceptors (Lipinski definition) is 4. The van der Waals surface area contributed by atoms with Gasteiger partial charge in [0.15, 0.2) is 0 Å². The van der Waals surface area contributed by atoms with Gasteiger partial charge in [0.25, 0.3) is 0 Å². The molecule has 0 radical (unpaired) electrons. The summed E-state index contributed by atoms with van der Waals surface area (Å²) in [5, 5.41) is 1.29. The van der Waals surface area contributed by atoms with Gasteiger partial charge in [-0.05, 0) is 159 Å². The van der Waals surface area contributed by atoms with Crippen LogP contribution in [0.25, 0.3) is 33.3 Å². The first-order chi connectivity index (χ1) is 40.2. The summed E-state index contributed by atoms with van der Waals surface area (Å²) < 4.78 is 4.77. The minimum absolute atomic E-state index is 0.0177. The molecule has 6 nitrogen and oxygen atoms in total. The summed E-state index contributed by atoms with van der Waals surface area (Å²) in [6, 6.07) is 86.2. The zero-order valence-electron chi connectivity index (χ0n) is 49.4. The van der Waals surface area contributed by atoms with Crippen molar-refractivity contribution in [1.29, 1.82) is 0 Å². The molecule has 0 bridgehead atoms. The standard InChI is InChI=1S/C76H79N6/c1-9-79(10-2)63-45-37-57(38-46-63)71(73-67-29-21-23-31-69(67)77(7)75(73)61-25-17-15-18-26-61)59-41-49-65(50-42-59)81(13-5)53-55-33-35-56(36-34-55)54-82(14-6)66-51-43-60(44-52-66)72(58-39-47-64(48-40-58)80(11-3)12-4)74-68-30-22-24-32-70(68)78(8)76(74)62-27-19-16-20-28-62/h15-52,71H,9-14,53-54H2,1-8H3/q+1. The molecule has 82 heavy (non-hydrogen) atoms. The molecule has 0 N–H and O–H groups in total. The third-order valence-electron chi connectivity index (χ3n) is 17.2. The first-order valence-electron chi connectivity index (χ1n) is 29.9. The lowest BCUT2D eigenvalue weighted by molar-refractivity contribution is -0.400. The van der Waals surface area contributed by atoms with Gasteiger partial charge < -0.3 is 24.2 Å². The zero-order valence-corrected chi connectivity index (χ0v) is 49.4. The van der Waals surface area contributed by atoms with Crippen molar-refractivity contribution in [3.05, 3.63) is 281 Å². The second-order valence-electron chi connectivity index (χ2n) is 21.6. The van der Waals surface area contributed by atoms with E-state index < -0.39 is 0 Å². The number of aryl methyl sites for hydroxylation is 1. The van der Waals surface area contributed by atoms with Crippen LogP contribution in [-0.4, -0.2) is 61.2 Å². The Morgan fingerprint density at radius 1 is 0.415 bits per heavy atom. The number of allylic oxidation sites excluding steroid dienone is 1. The van der Waals surface area contributed by atoms with Gasteiger partial charge in [-0.2, -0.15) is 4.58 Å². The van der Waals surface area contributed by atoms with E-state index in [1.807, 2.05) is 0 Å². The fraction of sp³-hybridized carbons (Fsp3) is 0.224. The highest BCUT2D eigenvalue weighted by molar-refractivity contribution is 6.38.